The van der Waals surface area contributed by atoms with Crippen LogP contribution in [0.2, 0.25) is 0 Å². The molecule has 142 valence electrons. The van der Waals surface area contributed by atoms with Crippen LogP contribution >= 0.6 is 21.6 Å². The molecule has 0 amide bonds. The summed E-state index contributed by atoms with van der Waals surface area (Å²) in [6.07, 6.45) is 0. The largest absolute Gasteiger partial charge is 0.305 e. The topological polar surface area (TPSA) is 6.48 Å². The van der Waals surface area contributed by atoms with Crippen molar-refractivity contribution >= 4 is 21.6 Å². The Morgan fingerprint density at radius 1 is 0.577 bits per heavy atom. The van der Waals surface area contributed by atoms with E-state index in [-0.39, 0.29) is 0 Å². The molecular weight excluding hydrogens is 356 g/mol. The van der Waals surface area contributed by atoms with Crippen molar-refractivity contribution in [3.8, 4) is 0 Å². The SMILES string of the molecule is C[C@H]([C@@H](SS[C@@H](c1ccccc1)[C@@H](C)N(C)C)c1ccccc1)N(C)C. The summed E-state index contributed by atoms with van der Waals surface area (Å²) in [4.78, 5) is 4.64. The molecule has 0 aliphatic carbocycles. The Labute approximate surface area is 167 Å². The van der Waals surface area contributed by atoms with Gasteiger partial charge in [0, 0.05) is 12.1 Å². The highest BCUT2D eigenvalue weighted by atomic mass is 33.1. The minimum absolute atomic E-state index is 0.428. The van der Waals surface area contributed by atoms with Crippen molar-refractivity contribution in [2.75, 3.05) is 28.2 Å². The highest BCUT2D eigenvalue weighted by Gasteiger charge is 2.27. The van der Waals surface area contributed by atoms with Gasteiger partial charge < -0.3 is 9.80 Å². The lowest BCUT2D eigenvalue weighted by atomic mass is 10.1. The second kappa shape index (κ2) is 10.4. The van der Waals surface area contributed by atoms with Crippen LogP contribution in [0.3, 0.4) is 0 Å². The van der Waals surface area contributed by atoms with Gasteiger partial charge in [0.05, 0.1) is 10.5 Å². The van der Waals surface area contributed by atoms with Gasteiger partial charge in [-0.15, -0.1) is 0 Å². The first-order chi connectivity index (χ1) is 12.4. The summed E-state index contributed by atoms with van der Waals surface area (Å²) in [7, 11) is 12.7. The van der Waals surface area contributed by atoms with Crippen molar-refractivity contribution in [1.29, 1.82) is 0 Å². The third kappa shape index (κ3) is 5.78. The van der Waals surface area contributed by atoms with Crippen molar-refractivity contribution in [2.45, 2.75) is 36.4 Å². The fourth-order valence-electron chi connectivity index (χ4n) is 2.78. The van der Waals surface area contributed by atoms with E-state index >= 15 is 0 Å². The van der Waals surface area contributed by atoms with Gasteiger partial charge >= 0.3 is 0 Å². The molecule has 2 aromatic rings. The maximum absolute atomic E-state index is 2.32. The molecule has 0 fully saturated rings. The minimum atomic E-state index is 0.428. The number of benzene rings is 2. The molecule has 0 aliphatic heterocycles. The molecule has 0 bridgehead atoms. The van der Waals surface area contributed by atoms with Gasteiger partial charge in [0.15, 0.2) is 0 Å². The van der Waals surface area contributed by atoms with Gasteiger partial charge in [-0.2, -0.15) is 0 Å². The predicted octanol–water partition coefficient (Wildman–Crippen LogP) is 5.75. The molecule has 2 aromatic carbocycles. The molecule has 0 N–H and O–H groups in total. The lowest BCUT2D eigenvalue weighted by Gasteiger charge is -2.33. The van der Waals surface area contributed by atoms with Gasteiger partial charge in [-0.05, 0) is 53.2 Å². The molecular formula is C22H32N2S2. The Morgan fingerprint density at radius 3 is 1.15 bits per heavy atom. The summed E-state index contributed by atoms with van der Waals surface area (Å²) in [6.45, 7) is 4.64. The predicted molar refractivity (Wildman–Crippen MR) is 120 cm³/mol. The number of hydrogen-bond acceptors (Lipinski definition) is 4. The van der Waals surface area contributed by atoms with Crippen LogP contribution in [-0.2, 0) is 0 Å². The Balaban J connectivity index is 2.22. The molecule has 0 radical (unpaired) electrons. The number of hydrogen-bond donors (Lipinski definition) is 0. The average molecular weight is 389 g/mol. The standard InChI is InChI=1S/C22H32N2S2/c1-17(23(3)4)21(19-13-9-7-10-14-19)25-26-22(18(2)24(5)6)20-15-11-8-12-16-20/h7-18,21-22H,1-6H3/t17-,18-,21-,22-/m1/s1. The van der Waals surface area contributed by atoms with E-state index in [2.05, 4.69) is 113 Å². The van der Waals surface area contributed by atoms with Gasteiger partial charge in [-0.1, -0.05) is 82.3 Å². The summed E-state index contributed by atoms with van der Waals surface area (Å²) in [5.41, 5.74) is 2.80. The van der Waals surface area contributed by atoms with E-state index in [0.29, 0.717) is 22.6 Å². The Kier molecular flexibility index (Phi) is 8.55. The van der Waals surface area contributed by atoms with Crippen molar-refractivity contribution < 1.29 is 0 Å². The van der Waals surface area contributed by atoms with Crippen molar-refractivity contribution in [1.82, 2.24) is 9.80 Å². The summed E-state index contributed by atoms with van der Waals surface area (Å²) in [5, 5.41) is 0.855. The maximum Gasteiger partial charge on any atom is 0.0553 e. The highest BCUT2D eigenvalue weighted by molar-refractivity contribution is 8.76. The second-order valence-corrected chi connectivity index (χ2v) is 9.82. The maximum atomic E-state index is 2.32. The molecule has 2 rings (SSSR count). The molecule has 0 heterocycles. The first kappa shape index (κ1) is 21.4. The zero-order valence-electron chi connectivity index (χ0n) is 16.8. The Bertz CT molecular complexity index is 574. The molecule has 4 atom stereocenters. The van der Waals surface area contributed by atoms with E-state index in [0.717, 1.165) is 0 Å². The van der Waals surface area contributed by atoms with Gasteiger partial charge in [-0.3, -0.25) is 0 Å². The van der Waals surface area contributed by atoms with Crippen LogP contribution in [0.4, 0.5) is 0 Å². The van der Waals surface area contributed by atoms with Crippen LogP contribution in [0.25, 0.3) is 0 Å². The van der Waals surface area contributed by atoms with E-state index in [9.17, 15) is 0 Å². The Hall–Kier alpha value is -0.940. The second-order valence-electron chi connectivity index (χ2n) is 7.26. The molecule has 4 heteroatoms. The van der Waals surface area contributed by atoms with E-state index in [1.807, 2.05) is 21.6 Å². The molecule has 0 unspecified atom stereocenters. The molecule has 0 saturated heterocycles. The van der Waals surface area contributed by atoms with Crippen molar-refractivity contribution in [3.63, 3.8) is 0 Å². The van der Waals surface area contributed by atoms with Crippen LogP contribution in [0.1, 0.15) is 35.5 Å². The lowest BCUT2D eigenvalue weighted by molar-refractivity contribution is 0.307. The third-order valence-electron chi connectivity index (χ3n) is 5.02. The first-order valence-corrected chi connectivity index (χ1v) is 11.4. The summed E-state index contributed by atoms with van der Waals surface area (Å²) < 4.78 is 0. The van der Waals surface area contributed by atoms with Gasteiger partial charge in [0.2, 0.25) is 0 Å². The number of rotatable bonds is 9. The number of nitrogens with zero attached hydrogens (tertiary/aromatic N) is 2. The van der Waals surface area contributed by atoms with Crippen LogP contribution < -0.4 is 0 Å². The van der Waals surface area contributed by atoms with Gasteiger partial charge in [0.25, 0.3) is 0 Å². The van der Waals surface area contributed by atoms with E-state index in [4.69, 9.17) is 0 Å². The van der Waals surface area contributed by atoms with Crippen LogP contribution in [0.15, 0.2) is 60.7 Å². The van der Waals surface area contributed by atoms with Crippen LogP contribution in [-0.4, -0.2) is 50.1 Å². The van der Waals surface area contributed by atoms with Crippen LogP contribution in [0, 0.1) is 0 Å². The smallest absolute Gasteiger partial charge is 0.0553 e. The van der Waals surface area contributed by atoms with Gasteiger partial charge in [0.1, 0.15) is 0 Å². The highest BCUT2D eigenvalue weighted by Crippen LogP contribution is 2.49. The number of likely N-dealkylation sites (N-methyl/N-ethyl adjacent to an activating group) is 2. The summed E-state index contributed by atoms with van der Waals surface area (Å²) in [6, 6.07) is 22.7. The van der Waals surface area contributed by atoms with Crippen LogP contribution in [0.5, 0.6) is 0 Å². The fraction of sp³-hybridized carbons (Fsp3) is 0.455. The third-order valence-corrected chi connectivity index (χ3v) is 8.46. The van der Waals surface area contributed by atoms with Crippen molar-refractivity contribution in [3.05, 3.63) is 71.8 Å². The Morgan fingerprint density at radius 2 is 0.885 bits per heavy atom. The molecule has 2 nitrogen and oxygen atoms in total. The quantitative estimate of drug-likeness (QED) is 0.504. The fourth-order valence-corrected chi connectivity index (χ4v) is 6.71. The minimum Gasteiger partial charge on any atom is -0.305 e. The van der Waals surface area contributed by atoms with Gasteiger partial charge in [-0.25, -0.2) is 0 Å². The zero-order chi connectivity index (χ0) is 19.1. The summed E-state index contributed by atoms with van der Waals surface area (Å²) in [5.74, 6) is 0. The van der Waals surface area contributed by atoms with E-state index in [1.54, 1.807) is 0 Å². The molecule has 0 aromatic heterocycles. The lowest BCUT2D eigenvalue weighted by Crippen LogP contribution is -2.31. The normalized spacial score (nSPS) is 16.5. The van der Waals surface area contributed by atoms with E-state index in [1.165, 1.54) is 11.1 Å². The first-order valence-electron chi connectivity index (χ1n) is 9.16. The zero-order valence-corrected chi connectivity index (χ0v) is 18.4. The molecule has 0 aliphatic rings. The molecule has 26 heavy (non-hydrogen) atoms. The van der Waals surface area contributed by atoms with Crippen molar-refractivity contribution in [2.24, 2.45) is 0 Å². The summed E-state index contributed by atoms with van der Waals surface area (Å²) >= 11 is 0. The molecule has 0 spiro atoms. The monoisotopic (exact) mass is 388 g/mol. The van der Waals surface area contributed by atoms with E-state index < -0.39 is 0 Å². The molecule has 0 saturated carbocycles. The average Bonchev–Trinajstić information content (AvgIpc) is 2.65.